The molecular formula is C27H37NO4S. The zero-order valence-electron chi connectivity index (χ0n) is 20.3. The number of carbonyl (C=O) groups excluding carboxylic acids is 1. The van der Waals surface area contributed by atoms with E-state index in [1.807, 2.05) is 49.4 Å². The second-order valence-electron chi connectivity index (χ2n) is 10.0. The van der Waals surface area contributed by atoms with Gasteiger partial charge in [-0.25, -0.2) is 8.42 Å². The second kappa shape index (κ2) is 10.8. The molecule has 1 aliphatic carbocycles. The minimum Gasteiger partial charge on any atom is -0.466 e. The molecule has 1 aliphatic rings. The average Bonchev–Trinajstić information content (AvgIpc) is 2.79. The van der Waals surface area contributed by atoms with Crippen LogP contribution in [0.4, 0.5) is 0 Å². The van der Waals surface area contributed by atoms with Crippen LogP contribution in [0.15, 0.2) is 59.5 Å². The molecule has 180 valence electrons. The fourth-order valence-electron chi connectivity index (χ4n) is 4.44. The fourth-order valence-corrected chi connectivity index (χ4v) is 5.94. The maximum atomic E-state index is 13.7. The fraction of sp³-hybridized carbons (Fsp3) is 0.519. The largest absolute Gasteiger partial charge is 0.466 e. The Hall–Kier alpha value is -2.18. The Bertz CT molecular complexity index is 1000. The van der Waals surface area contributed by atoms with Crippen molar-refractivity contribution in [1.82, 2.24) is 4.31 Å². The van der Waals surface area contributed by atoms with Crippen LogP contribution in [0.1, 0.15) is 64.5 Å². The number of rotatable bonds is 8. The molecule has 0 saturated heterocycles. The first kappa shape index (κ1) is 25.4. The highest BCUT2D eigenvalue weighted by Gasteiger charge is 2.32. The molecule has 3 rings (SSSR count). The van der Waals surface area contributed by atoms with E-state index in [0.717, 1.165) is 36.8 Å². The molecule has 0 amide bonds. The van der Waals surface area contributed by atoms with Crippen molar-refractivity contribution in [3.63, 3.8) is 0 Å². The molecule has 0 N–H and O–H groups in total. The molecule has 1 fully saturated rings. The Morgan fingerprint density at radius 1 is 0.970 bits per heavy atom. The molecule has 2 aromatic carbocycles. The van der Waals surface area contributed by atoms with Gasteiger partial charge in [0.25, 0.3) is 0 Å². The third-order valence-corrected chi connectivity index (χ3v) is 8.31. The summed E-state index contributed by atoms with van der Waals surface area (Å²) in [6, 6.07) is 17.0. The zero-order chi connectivity index (χ0) is 24.1. The summed E-state index contributed by atoms with van der Waals surface area (Å²) in [6.45, 7) is 9.36. The van der Waals surface area contributed by atoms with Crippen molar-refractivity contribution in [2.24, 2.45) is 11.8 Å². The van der Waals surface area contributed by atoms with Crippen LogP contribution >= 0.6 is 0 Å². The van der Waals surface area contributed by atoms with Gasteiger partial charge in [-0.1, -0.05) is 63.2 Å². The summed E-state index contributed by atoms with van der Waals surface area (Å²) in [4.78, 5) is 12.4. The molecule has 0 spiro atoms. The summed E-state index contributed by atoms with van der Waals surface area (Å²) < 4.78 is 34.2. The van der Waals surface area contributed by atoms with Gasteiger partial charge >= 0.3 is 5.97 Å². The molecule has 0 unspecified atom stereocenters. The number of sulfonamides is 1. The summed E-state index contributed by atoms with van der Waals surface area (Å²) in [5, 5.41) is 0. The van der Waals surface area contributed by atoms with E-state index in [1.165, 1.54) is 0 Å². The lowest BCUT2D eigenvalue weighted by molar-refractivity contribution is -0.149. The molecule has 2 aromatic rings. The number of hydrogen-bond donors (Lipinski definition) is 0. The lowest BCUT2D eigenvalue weighted by Crippen LogP contribution is -2.37. The van der Waals surface area contributed by atoms with Crippen LogP contribution in [0.3, 0.4) is 0 Å². The van der Waals surface area contributed by atoms with Crippen molar-refractivity contribution in [1.29, 1.82) is 0 Å². The van der Waals surface area contributed by atoms with E-state index < -0.39 is 10.0 Å². The van der Waals surface area contributed by atoms with Gasteiger partial charge < -0.3 is 4.74 Å². The number of hydrogen-bond acceptors (Lipinski definition) is 4. The lowest BCUT2D eigenvalue weighted by atomic mass is 9.82. The number of ether oxygens (including phenoxy) is 1. The summed E-state index contributed by atoms with van der Waals surface area (Å²) in [7, 11) is -3.66. The third kappa shape index (κ3) is 6.67. The highest BCUT2D eigenvalue weighted by molar-refractivity contribution is 7.89. The highest BCUT2D eigenvalue weighted by atomic mass is 32.2. The maximum Gasteiger partial charge on any atom is 0.308 e. The minimum atomic E-state index is -3.66. The average molecular weight is 472 g/mol. The van der Waals surface area contributed by atoms with Crippen molar-refractivity contribution in [3.05, 3.63) is 65.7 Å². The first-order valence-electron chi connectivity index (χ1n) is 11.9. The Labute approximate surface area is 199 Å². The Morgan fingerprint density at radius 2 is 1.58 bits per heavy atom. The molecule has 0 aliphatic heterocycles. The molecule has 5 nitrogen and oxygen atoms in total. The van der Waals surface area contributed by atoms with Gasteiger partial charge in [-0.2, -0.15) is 4.31 Å². The Kier molecular flexibility index (Phi) is 8.35. The van der Waals surface area contributed by atoms with Crippen LogP contribution in [0.25, 0.3) is 0 Å². The smallest absolute Gasteiger partial charge is 0.308 e. The molecule has 0 radical (unpaired) electrons. The van der Waals surface area contributed by atoms with Crippen molar-refractivity contribution < 1.29 is 17.9 Å². The third-order valence-electron chi connectivity index (χ3n) is 6.49. The maximum absolute atomic E-state index is 13.7. The SMILES string of the molecule is CCOC(=O)C1CCC(CN(Cc2ccccc2)S(=O)(=O)c2ccc(C(C)(C)C)cc2)CC1. The molecule has 33 heavy (non-hydrogen) atoms. The van der Waals surface area contributed by atoms with Gasteiger partial charge in [-0.05, 0) is 67.2 Å². The summed E-state index contributed by atoms with van der Waals surface area (Å²) in [5.74, 6) is 0.0389. The predicted molar refractivity (Wildman–Crippen MR) is 131 cm³/mol. The van der Waals surface area contributed by atoms with Gasteiger partial charge in [-0.15, -0.1) is 0 Å². The molecule has 0 aromatic heterocycles. The van der Waals surface area contributed by atoms with E-state index in [-0.39, 0.29) is 23.2 Å². The van der Waals surface area contributed by atoms with E-state index >= 15 is 0 Å². The van der Waals surface area contributed by atoms with Crippen LogP contribution in [0, 0.1) is 11.8 Å². The van der Waals surface area contributed by atoms with Crippen molar-refractivity contribution in [3.8, 4) is 0 Å². The number of benzene rings is 2. The van der Waals surface area contributed by atoms with E-state index in [4.69, 9.17) is 4.74 Å². The first-order chi connectivity index (χ1) is 15.6. The first-order valence-corrected chi connectivity index (χ1v) is 13.4. The van der Waals surface area contributed by atoms with E-state index in [9.17, 15) is 13.2 Å². The predicted octanol–water partition coefficient (Wildman–Crippen LogP) is 5.54. The van der Waals surface area contributed by atoms with Gasteiger partial charge in [0.05, 0.1) is 17.4 Å². The molecular weight excluding hydrogens is 434 g/mol. The molecule has 0 bridgehead atoms. The monoisotopic (exact) mass is 471 g/mol. The van der Waals surface area contributed by atoms with Crippen molar-refractivity contribution >= 4 is 16.0 Å². The molecule has 0 heterocycles. The van der Waals surface area contributed by atoms with Crippen LogP contribution in [0.5, 0.6) is 0 Å². The standard InChI is InChI=1S/C27H37NO4S/c1-5-32-26(29)23-13-11-22(12-14-23)20-28(19-21-9-7-6-8-10-21)33(30,31)25-17-15-24(16-18-25)27(2,3)4/h6-10,15-18,22-23H,5,11-14,19-20H2,1-4H3. The quantitative estimate of drug-likeness (QED) is 0.474. The van der Waals surface area contributed by atoms with Gasteiger partial charge in [0.1, 0.15) is 0 Å². The van der Waals surface area contributed by atoms with E-state index in [1.54, 1.807) is 16.4 Å². The zero-order valence-corrected chi connectivity index (χ0v) is 21.1. The van der Waals surface area contributed by atoms with Crippen LogP contribution in [0.2, 0.25) is 0 Å². The second-order valence-corrected chi connectivity index (χ2v) is 12.0. The normalized spacial score (nSPS) is 19.4. The van der Waals surface area contributed by atoms with Crippen LogP contribution in [-0.2, 0) is 31.5 Å². The van der Waals surface area contributed by atoms with Gasteiger partial charge in [0, 0.05) is 13.1 Å². The number of nitrogens with zero attached hydrogens (tertiary/aromatic N) is 1. The summed E-state index contributed by atoms with van der Waals surface area (Å²) in [5.41, 5.74) is 2.03. The Morgan fingerprint density at radius 3 is 2.12 bits per heavy atom. The van der Waals surface area contributed by atoms with Gasteiger partial charge in [0.2, 0.25) is 10.0 Å². The summed E-state index contributed by atoms with van der Waals surface area (Å²) >= 11 is 0. The van der Waals surface area contributed by atoms with E-state index in [2.05, 4.69) is 20.8 Å². The van der Waals surface area contributed by atoms with Crippen molar-refractivity contribution in [2.75, 3.05) is 13.2 Å². The van der Waals surface area contributed by atoms with E-state index in [0.29, 0.717) is 24.6 Å². The molecule has 6 heteroatoms. The van der Waals surface area contributed by atoms with Gasteiger partial charge in [0.15, 0.2) is 0 Å². The van der Waals surface area contributed by atoms with Crippen LogP contribution in [-0.4, -0.2) is 31.8 Å². The molecule has 0 atom stereocenters. The summed E-state index contributed by atoms with van der Waals surface area (Å²) in [6.07, 6.45) is 3.16. The number of carbonyl (C=O) groups is 1. The van der Waals surface area contributed by atoms with Crippen molar-refractivity contribution in [2.45, 2.75) is 70.2 Å². The van der Waals surface area contributed by atoms with Gasteiger partial charge in [-0.3, -0.25) is 4.79 Å². The lowest BCUT2D eigenvalue weighted by Gasteiger charge is -2.32. The molecule has 1 saturated carbocycles. The van der Waals surface area contributed by atoms with Crippen LogP contribution < -0.4 is 0 Å². The minimum absolute atomic E-state index is 0.0381. The topological polar surface area (TPSA) is 63.7 Å². The number of esters is 1. The Balaban J connectivity index is 1.79. The highest BCUT2D eigenvalue weighted by Crippen LogP contribution is 2.32.